The van der Waals surface area contributed by atoms with Crippen molar-refractivity contribution >= 4 is 11.8 Å². The van der Waals surface area contributed by atoms with Crippen LogP contribution in [0.2, 0.25) is 0 Å². The van der Waals surface area contributed by atoms with Crippen molar-refractivity contribution in [3.63, 3.8) is 0 Å². The van der Waals surface area contributed by atoms with Crippen LogP contribution in [0.4, 0.5) is 0 Å². The van der Waals surface area contributed by atoms with Gasteiger partial charge < -0.3 is 5.32 Å². The molecule has 0 rings (SSSR count). The van der Waals surface area contributed by atoms with Gasteiger partial charge in [0.05, 0.1) is 0 Å². The fraction of sp³-hybridized carbons (Fsp3) is 1.00. The van der Waals surface area contributed by atoms with E-state index in [4.69, 9.17) is 0 Å². The van der Waals surface area contributed by atoms with Gasteiger partial charge >= 0.3 is 0 Å². The van der Waals surface area contributed by atoms with Crippen LogP contribution < -0.4 is 5.32 Å². The zero-order valence-corrected chi connectivity index (χ0v) is 10.4. The van der Waals surface area contributed by atoms with Crippen LogP contribution in [0.25, 0.3) is 0 Å². The summed E-state index contributed by atoms with van der Waals surface area (Å²) in [6.45, 7) is 6.84. The molecule has 1 nitrogen and oxygen atoms in total. The predicted octanol–water partition coefficient (Wildman–Crippen LogP) is 3.30. The number of hydrogen-bond donors (Lipinski definition) is 1. The summed E-state index contributed by atoms with van der Waals surface area (Å²) in [7, 11) is 2.08. The number of rotatable bonds is 8. The molecule has 0 aromatic carbocycles. The van der Waals surface area contributed by atoms with E-state index in [0.29, 0.717) is 0 Å². The largest absolute Gasteiger partial charge is 0.316 e. The van der Waals surface area contributed by atoms with Gasteiger partial charge in [0.15, 0.2) is 0 Å². The lowest BCUT2D eigenvalue weighted by Gasteiger charge is -2.17. The van der Waals surface area contributed by atoms with E-state index in [0.717, 1.165) is 11.3 Å². The molecule has 1 N–H and O–H groups in total. The van der Waals surface area contributed by atoms with Crippen molar-refractivity contribution in [2.24, 2.45) is 0 Å². The molecule has 0 spiro atoms. The molecule has 0 aliphatic carbocycles. The average Bonchev–Trinajstić information content (AvgIpc) is 2.17. The van der Waals surface area contributed by atoms with Gasteiger partial charge in [-0.15, -0.1) is 0 Å². The highest BCUT2D eigenvalue weighted by molar-refractivity contribution is 7.99. The standard InChI is InChI=1S/C11H25NS/c1-5-7-8-11(12-4)9-13-10(3)6-2/h10-12H,5-9H2,1-4H3. The lowest BCUT2D eigenvalue weighted by Crippen LogP contribution is -2.28. The first kappa shape index (κ1) is 13.3. The first-order chi connectivity index (χ1) is 6.24. The van der Waals surface area contributed by atoms with Gasteiger partial charge in [0.1, 0.15) is 0 Å². The van der Waals surface area contributed by atoms with Gasteiger partial charge in [-0.25, -0.2) is 0 Å². The average molecular weight is 203 g/mol. The second kappa shape index (κ2) is 8.89. The normalized spacial score (nSPS) is 15.7. The lowest BCUT2D eigenvalue weighted by molar-refractivity contribution is 0.543. The van der Waals surface area contributed by atoms with Crippen LogP contribution >= 0.6 is 11.8 Å². The third-order valence-corrected chi connectivity index (χ3v) is 3.97. The van der Waals surface area contributed by atoms with Crippen molar-refractivity contribution < 1.29 is 0 Å². The lowest BCUT2D eigenvalue weighted by atomic mass is 10.1. The molecular formula is C11H25NS. The molecule has 2 atom stereocenters. The maximum atomic E-state index is 3.40. The Kier molecular flexibility index (Phi) is 9.10. The summed E-state index contributed by atoms with van der Waals surface area (Å²) in [5.74, 6) is 1.27. The van der Waals surface area contributed by atoms with Crippen LogP contribution in [-0.2, 0) is 0 Å². The highest BCUT2D eigenvalue weighted by Crippen LogP contribution is 2.16. The number of unbranched alkanes of at least 4 members (excludes halogenated alkanes) is 1. The molecule has 13 heavy (non-hydrogen) atoms. The van der Waals surface area contributed by atoms with E-state index in [1.807, 2.05) is 0 Å². The second-order valence-corrected chi connectivity index (χ2v) is 5.15. The molecule has 0 saturated heterocycles. The van der Waals surface area contributed by atoms with Gasteiger partial charge in [0.2, 0.25) is 0 Å². The Bertz CT molecular complexity index is 106. The fourth-order valence-corrected chi connectivity index (χ4v) is 2.29. The molecule has 0 aliphatic rings. The van der Waals surface area contributed by atoms with Crippen LogP contribution in [0.15, 0.2) is 0 Å². The number of thioether (sulfide) groups is 1. The van der Waals surface area contributed by atoms with Gasteiger partial charge in [-0.2, -0.15) is 11.8 Å². The van der Waals surface area contributed by atoms with Crippen molar-refractivity contribution in [3.05, 3.63) is 0 Å². The molecule has 2 heteroatoms. The predicted molar refractivity (Wildman–Crippen MR) is 64.6 cm³/mol. The second-order valence-electron chi connectivity index (χ2n) is 3.68. The Morgan fingerprint density at radius 3 is 2.46 bits per heavy atom. The highest BCUT2D eigenvalue weighted by Gasteiger charge is 2.07. The molecule has 80 valence electrons. The molecule has 0 saturated carbocycles. The summed E-state index contributed by atoms with van der Waals surface area (Å²) in [4.78, 5) is 0. The number of hydrogen-bond acceptors (Lipinski definition) is 2. The van der Waals surface area contributed by atoms with Crippen LogP contribution in [0.5, 0.6) is 0 Å². The first-order valence-corrected chi connectivity index (χ1v) is 6.58. The Labute approximate surface area is 88.1 Å². The van der Waals surface area contributed by atoms with Gasteiger partial charge in [-0.05, 0) is 19.9 Å². The summed E-state index contributed by atoms with van der Waals surface area (Å²) in [6, 6.07) is 0.721. The molecule has 0 aliphatic heterocycles. The van der Waals surface area contributed by atoms with Gasteiger partial charge in [-0.3, -0.25) is 0 Å². The molecule has 0 aromatic rings. The summed E-state index contributed by atoms with van der Waals surface area (Å²) in [5, 5.41) is 4.21. The topological polar surface area (TPSA) is 12.0 Å². The Hall–Kier alpha value is 0.310. The van der Waals surface area contributed by atoms with E-state index in [1.54, 1.807) is 0 Å². The van der Waals surface area contributed by atoms with Crippen LogP contribution in [0, 0.1) is 0 Å². The zero-order valence-electron chi connectivity index (χ0n) is 9.60. The van der Waals surface area contributed by atoms with Gasteiger partial charge in [0, 0.05) is 17.0 Å². The molecule has 0 aromatic heterocycles. The molecule has 0 amide bonds. The molecular weight excluding hydrogens is 178 g/mol. The van der Waals surface area contributed by atoms with Crippen LogP contribution in [0.1, 0.15) is 46.5 Å². The quantitative estimate of drug-likeness (QED) is 0.649. The van der Waals surface area contributed by atoms with Crippen molar-refractivity contribution in [1.29, 1.82) is 0 Å². The van der Waals surface area contributed by atoms with Crippen molar-refractivity contribution in [2.75, 3.05) is 12.8 Å². The Morgan fingerprint density at radius 1 is 1.31 bits per heavy atom. The van der Waals surface area contributed by atoms with E-state index in [1.165, 1.54) is 31.4 Å². The molecule has 0 fully saturated rings. The van der Waals surface area contributed by atoms with E-state index < -0.39 is 0 Å². The molecule has 0 radical (unpaired) electrons. The summed E-state index contributed by atoms with van der Waals surface area (Å²) >= 11 is 2.10. The van der Waals surface area contributed by atoms with E-state index in [2.05, 4.69) is 44.9 Å². The maximum absolute atomic E-state index is 3.40. The smallest absolute Gasteiger partial charge is 0.0155 e. The van der Waals surface area contributed by atoms with Crippen molar-refractivity contribution in [2.45, 2.75) is 57.7 Å². The van der Waals surface area contributed by atoms with Crippen LogP contribution in [-0.4, -0.2) is 24.1 Å². The minimum Gasteiger partial charge on any atom is -0.316 e. The maximum Gasteiger partial charge on any atom is 0.0155 e. The Balaban J connectivity index is 3.46. The first-order valence-electron chi connectivity index (χ1n) is 5.53. The molecule has 0 heterocycles. The van der Waals surface area contributed by atoms with Gasteiger partial charge in [-0.1, -0.05) is 33.6 Å². The van der Waals surface area contributed by atoms with Crippen LogP contribution in [0.3, 0.4) is 0 Å². The highest BCUT2D eigenvalue weighted by atomic mass is 32.2. The minimum absolute atomic E-state index is 0.721. The summed E-state index contributed by atoms with van der Waals surface area (Å²) < 4.78 is 0. The number of nitrogens with one attached hydrogen (secondary N) is 1. The molecule has 0 bridgehead atoms. The van der Waals surface area contributed by atoms with E-state index >= 15 is 0 Å². The summed E-state index contributed by atoms with van der Waals surface area (Å²) in [5.41, 5.74) is 0. The van der Waals surface area contributed by atoms with E-state index in [9.17, 15) is 0 Å². The Morgan fingerprint density at radius 2 is 2.00 bits per heavy atom. The third kappa shape index (κ3) is 7.39. The SMILES string of the molecule is CCCCC(CSC(C)CC)NC. The monoisotopic (exact) mass is 203 g/mol. The third-order valence-electron chi connectivity index (χ3n) is 2.47. The van der Waals surface area contributed by atoms with E-state index in [-0.39, 0.29) is 0 Å². The van der Waals surface area contributed by atoms with Crippen molar-refractivity contribution in [3.8, 4) is 0 Å². The molecule has 2 unspecified atom stereocenters. The zero-order chi connectivity index (χ0) is 10.1. The summed E-state index contributed by atoms with van der Waals surface area (Å²) in [6.07, 6.45) is 5.28. The minimum atomic E-state index is 0.721. The van der Waals surface area contributed by atoms with Gasteiger partial charge in [0.25, 0.3) is 0 Å². The van der Waals surface area contributed by atoms with Crippen molar-refractivity contribution in [1.82, 2.24) is 5.32 Å². The fourth-order valence-electron chi connectivity index (χ4n) is 1.16.